The number of fused-ring (bicyclic) bond motifs is 1. The Balaban J connectivity index is 1.92. The predicted molar refractivity (Wildman–Crippen MR) is 90.4 cm³/mol. The Labute approximate surface area is 161 Å². The second kappa shape index (κ2) is 7.02. The van der Waals surface area contributed by atoms with Crippen molar-refractivity contribution in [2.45, 2.75) is 12.7 Å². The largest absolute Gasteiger partial charge is 0.406 e. The number of halogens is 4. The van der Waals surface area contributed by atoms with Crippen LogP contribution in [0.15, 0.2) is 12.4 Å². The van der Waals surface area contributed by atoms with Crippen LogP contribution < -0.4 is 10.6 Å². The van der Waals surface area contributed by atoms with Gasteiger partial charge in [-0.1, -0.05) is 0 Å². The van der Waals surface area contributed by atoms with Gasteiger partial charge in [-0.25, -0.2) is 24.5 Å². The summed E-state index contributed by atoms with van der Waals surface area (Å²) < 4.78 is 45.4. The van der Waals surface area contributed by atoms with Crippen molar-refractivity contribution in [3.05, 3.63) is 17.7 Å². The molecule has 2 N–H and O–H groups in total. The number of hydrogen-bond donors (Lipinski definition) is 1. The van der Waals surface area contributed by atoms with Crippen LogP contribution >= 0.6 is 0 Å². The van der Waals surface area contributed by atoms with Gasteiger partial charge in [0.25, 0.3) is 0 Å². The fourth-order valence-corrected chi connectivity index (χ4v) is 3.11. The number of alkyl halides is 3. The van der Waals surface area contributed by atoms with Gasteiger partial charge in [0.15, 0.2) is 34.4 Å². The standard InChI is InChI=1S/C15H15ClF3N8O/c16-13-23-9-11(26-1-3-28-4-2-26)24-10(8-5-21-14(20)22-6-8)25-12(9)27(13)7-15(17,18)19/h5-6,16H,1-4,7H2,(H2,20,21,22)/q+1. The SMILES string of the molecule is Nc1ncc(-c2nc(N3CCOCC3)c3nc([ClH+])n(CC(F)(F)F)c3n2)cn1. The van der Waals surface area contributed by atoms with Crippen molar-refractivity contribution in [2.24, 2.45) is 0 Å². The normalized spacial score (nSPS) is 15.4. The highest BCUT2D eigenvalue weighted by Gasteiger charge is 2.34. The summed E-state index contributed by atoms with van der Waals surface area (Å²) in [7, 11) is 0. The molecule has 0 amide bonds. The molecular formula is C15H15ClF3N8O+. The smallest absolute Gasteiger partial charge is 0.378 e. The number of imidazole rings is 1. The molecule has 148 valence electrons. The molecular weight excluding hydrogens is 401 g/mol. The van der Waals surface area contributed by atoms with E-state index in [0.29, 0.717) is 37.7 Å². The average Bonchev–Trinajstić information content (AvgIpc) is 2.96. The third-order valence-corrected chi connectivity index (χ3v) is 4.43. The highest BCUT2D eigenvalue weighted by molar-refractivity contribution is 5.86. The van der Waals surface area contributed by atoms with Gasteiger partial charge in [0, 0.05) is 25.5 Å². The molecule has 9 nitrogen and oxygen atoms in total. The molecule has 4 heterocycles. The lowest BCUT2D eigenvalue weighted by Gasteiger charge is -2.28. The van der Waals surface area contributed by atoms with Crippen LogP contribution in [0.2, 0.25) is 5.28 Å². The summed E-state index contributed by atoms with van der Waals surface area (Å²) in [5.41, 5.74) is 6.14. The minimum Gasteiger partial charge on any atom is -0.378 e. The van der Waals surface area contributed by atoms with E-state index in [2.05, 4.69) is 24.9 Å². The molecule has 3 aromatic rings. The summed E-state index contributed by atoms with van der Waals surface area (Å²) in [6.07, 6.45) is -1.66. The van der Waals surface area contributed by atoms with E-state index in [1.807, 2.05) is 4.90 Å². The topological polar surface area (TPSA) is 108 Å². The van der Waals surface area contributed by atoms with E-state index in [1.54, 1.807) is 0 Å². The first kappa shape index (κ1) is 18.6. The zero-order chi connectivity index (χ0) is 19.9. The highest BCUT2D eigenvalue weighted by Crippen LogP contribution is 2.30. The van der Waals surface area contributed by atoms with E-state index in [4.69, 9.17) is 22.1 Å². The minimum atomic E-state index is -4.48. The van der Waals surface area contributed by atoms with E-state index >= 15 is 0 Å². The van der Waals surface area contributed by atoms with Gasteiger partial charge in [-0.05, 0) is 0 Å². The molecule has 0 saturated carbocycles. The van der Waals surface area contributed by atoms with E-state index in [9.17, 15) is 13.2 Å². The molecule has 0 aliphatic carbocycles. The summed E-state index contributed by atoms with van der Waals surface area (Å²) in [4.78, 5) is 22.6. The lowest BCUT2D eigenvalue weighted by Crippen LogP contribution is -2.37. The molecule has 4 rings (SSSR count). The number of anilines is 2. The van der Waals surface area contributed by atoms with Crippen molar-refractivity contribution in [1.29, 1.82) is 0 Å². The monoisotopic (exact) mass is 415 g/mol. The maximum Gasteiger partial charge on any atom is 0.406 e. The van der Waals surface area contributed by atoms with E-state index in [-0.39, 0.29) is 28.2 Å². The zero-order valence-electron chi connectivity index (χ0n) is 14.3. The molecule has 13 heteroatoms. The van der Waals surface area contributed by atoms with Crippen molar-refractivity contribution >= 4 is 22.9 Å². The maximum atomic E-state index is 13.1. The van der Waals surface area contributed by atoms with Crippen molar-refractivity contribution < 1.29 is 29.5 Å². The van der Waals surface area contributed by atoms with E-state index in [0.717, 1.165) is 4.57 Å². The van der Waals surface area contributed by atoms with Gasteiger partial charge >= 0.3 is 11.5 Å². The molecule has 1 aliphatic heterocycles. The van der Waals surface area contributed by atoms with Crippen LogP contribution in [0.25, 0.3) is 22.6 Å². The third-order valence-electron chi connectivity index (χ3n) is 4.12. The molecule has 0 aromatic carbocycles. The van der Waals surface area contributed by atoms with E-state index < -0.39 is 12.7 Å². The molecule has 0 bridgehead atoms. The molecule has 0 atom stereocenters. The number of rotatable bonds is 3. The number of nitrogen functional groups attached to an aromatic ring is 1. The first-order valence-corrected chi connectivity index (χ1v) is 8.65. The quantitative estimate of drug-likeness (QED) is 0.630. The Morgan fingerprint density at radius 2 is 1.79 bits per heavy atom. The fourth-order valence-electron chi connectivity index (χ4n) is 2.87. The number of morpholine rings is 1. The Hall–Kier alpha value is -2.73. The maximum absolute atomic E-state index is 13.1. The van der Waals surface area contributed by atoms with Gasteiger partial charge in [-0.2, -0.15) is 18.2 Å². The number of hydrogen-bond acceptors (Lipinski definition) is 8. The Kier molecular flexibility index (Phi) is 4.67. The fraction of sp³-hybridized carbons (Fsp3) is 0.400. The lowest BCUT2D eigenvalue weighted by atomic mass is 10.3. The van der Waals surface area contributed by atoms with Crippen LogP contribution in [-0.2, 0) is 11.3 Å². The van der Waals surface area contributed by atoms with Crippen LogP contribution in [-0.4, -0.2) is 62.0 Å². The first-order valence-electron chi connectivity index (χ1n) is 8.24. The first-order chi connectivity index (χ1) is 13.3. The number of nitrogens with two attached hydrogens (primary N) is 1. The van der Waals surface area contributed by atoms with Crippen LogP contribution in [0, 0.1) is 11.6 Å². The molecule has 3 aromatic heterocycles. The second-order valence-corrected chi connectivity index (χ2v) is 6.43. The lowest BCUT2D eigenvalue weighted by molar-refractivity contribution is -0.310. The second-order valence-electron chi connectivity index (χ2n) is 6.07. The Bertz CT molecular complexity index is 1000. The molecule has 0 radical (unpaired) electrons. The zero-order valence-corrected chi connectivity index (χ0v) is 15.2. The van der Waals surface area contributed by atoms with Crippen molar-refractivity contribution in [3.63, 3.8) is 0 Å². The highest BCUT2D eigenvalue weighted by atomic mass is 35.5. The summed E-state index contributed by atoms with van der Waals surface area (Å²) in [6, 6.07) is 0. The summed E-state index contributed by atoms with van der Waals surface area (Å²) in [5.74, 6) is 0.618. The predicted octanol–water partition coefficient (Wildman–Crippen LogP) is 0.961. The van der Waals surface area contributed by atoms with Crippen LogP contribution in [0.4, 0.5) is 24.9 Å². The Morgan fingerprint density at radius 3 is 2.43 bits per heavy atom. The van der Waals surface area contributed by atoms with Crippen LogP contribution in [0.3, 0.4) is 0 Å². The Morgan fingerprint density at radius 1 is 1.11 bits per heavy atom. The summed E-state index contributed by atoms with van der Waals surface area (Å²) in [6.45, 7) is 0.677. The molecule has 1 saturated heterocycles. The van der Waals surface area contributed by atoms with Crippen LogP contribution in [0.1, 0.15) is 0 Å². The van der Waals surface area contributed by atoms with Gasteiger partial charge in [0.05, 0.1) is 18.8 Å². The van der Waals surface area contributed by atoms with Gasteiger partial charge in [-0.15, -0.1) is 0 Å². The molecule has 28 heavy (non-hydrogen) atoms. The average molecular weight is 416 g/mol. The third kappa shape index (κ3) is 3.64. The van der Waals surface area contributed by atoms with Gasteiger partial charge in [0.2, 0.25) is 5.95 Å². The minimum absolute atomic E-state index is 0.00522. The van der Waals surface area contributed by atoms with Crippen LogP contribution in [0.5, 0.6) is 0 Å². The van der Waals surface area contributed by atoms with Gasteiger partial charge in [0.1, 0.15) is 6.54 Å². The van der Waals surface area contributed by atoms with Gasteiger partial charge in [-0.3, -0.25) is 0 Å². The van der Waals surface area contributed by atoms with Crippen molar-refractivity contribution in [1.82, 2.24) is 29.5 Å². The number of nitrogens with zero attached hydrogens (tertiary/aromatic N) is 7. The van der Waals surface area contributed by atoms with Crippen molar-refractivity contribution in [2.75, 3.05) is 36.9 Å². The number of ether oxygens (including phenoxy) is 1. The summed E-state index contributed by atoms with van der Waals surface area (Å²) in [5, 5.41) is -0.207. The molecule has 1 fully saturated rings. The molecule has 1 aliphatic rings. The van der Waals surface area contributed by atoms with E-state index in [1.165, 1.54) is 12.4 Å². The molecule has 0 unspecified atom stereocenters. The number of aromatic nitrogens is 6. The molecule has 0 spiro atoms. The van der Waals surface area contributed by atoms with Gasteiger partial charge < -0.3 is 15.4 Å². The van der Waals surface area contributed by atoms with Crippen molar-refractivity contribution in [3.8, 4) is 11.4 Å². The summed E-state index contributed by atoms with van der Waals surface area (Å²) >= 11 is 5.06.